The summed E-state index contributed by atoms with van der Waals surface area (Å²) < 4.78 is 28.1. The van der Waals surface area contributed by atoms with E-state index in [2.05, 4.69) is 29.4 Å². The van der Waals surface area contributed by atoms with Gasteiger partial charge in [0, 0.05) is 38.3 Å². The van der Waals surface area contributed by atoms with Gasteiger partial charge in [-0.25, -0.2) is 8.42 Å². The maximum atomic E-state index is 13.2. The van der Waals surface area contributed by atoms with Gasteiger partial charge in [-0.1, -0.05) is 36.4 Å². The van der Waals surface area contributed by atoms with Gasteiger partial charge in [-0.15, -0.1) is 0 Å². The summed E-state index contributed by atoms with van der Waals surface area (Å²) in [4.78, 5) is 14.4. The van der Waals surface area contributed by atoms with E-state index in [9.17, 15) is 13.2 Å². The van der Waals surface area contributed by atoms with Gasteiger partial charge in [0.1, 0.15) is 0 Å². The molecule has 0 unspecified atom stereocenters. The number of rotatable bonds is 4. The van der Waals surface area contributed by atoms with Crippen molar-refractivity contribution in [1.82, 2.24) is 14.5 Å². The van der Waals surface area contributed by atoms with Crippen LogP contribution in [0.4, 0.5) is 0 Å². The van der Waals surface area contributed by atoms with Crippen LogP contribution in [0.2, 0.25) is 0 Å². The molecule has 28 heavy (non-hydrogen) atoms. The van der Waals surface area contributed by atoms with Gasteiger partial charge in [-0.3, -0.25) is 9.69 Å². The van der Waals surface area contributed by atoms with Crippen LogP contribution in [0, 0.1) is 11.8 Å². The summed E-state index contributed by atoms with van der Waals surface area (Å²) in [6, 6.07) is 16.8. The molecule has 1 amide bonds. The largest absolute Gasteiger partial charge is 0.355 e. The van der Waals surface area contributed by atoms with Crippen LogP contribution in [0.15, 0.2) is 59.5 Å². The Labute approximate surface area is 166 Å². The zero-order valence-electron chi connectivity index (χ0n) is 16.1. The number of hydrogen-bond acceptors (Lipinski definition) is 4. The fourth-order valence-electron chi connectivity index (χ4n) is 4.66. The first-order valence-electron chi connectivity index (χ1n) is 9.49. The molecule has 0 saturated carbocycles. The van der Waals surface area contributed by atoms with Gasteiger partial charge in [-0.2, -0.15) is 4.31 Å². The molecule has 1 N–H and O–H groups in total. The number of fused-ring (bicyclic) bond motifs is 1. The number of amides is 1. The van der Waals surface area contributed by atoms with Crippen molar-refractivity contribution >= 4 is 15.9 Å². The molecule has 3 atom stereocenters. The first-order chi connectivity index (χ1) is 13.4. The third kappa shape index (κ3) is 3.23. The first-order valence-corrected chi connectivity index (χ1v) is 10.9. The predicted molar refractivity (Wildman–Crippen MR) is 107 cm³/mol. The Morgan fingerprint density at radius 1 is 1.04 bits per heavy atom. The molecule has 2 fully saturated rings. The molecule has 7 heteroatoms. The Morgan fingerprint density at radius 3 is 2.50 bits per heavy atom. The summed E-state index contributed by atoms with van der Waals surface area (Å²) in [5.41, 5.74) is 1.59. The quantitative estimate of drug-likeness (QED) is 0.853. The molecule has 2 aliphatic rings. The molecule has 2 saturated heterocycles. The van der Waals surface area contributed by atoms with Gasteiger partial charge in [0.15, 0.2) is 0 Å². The average molecular weight is 400 g/mol. The van der Waals surface area contributed by atoms with Crippen LogP contribution in [0.5, 0.6) is 0 Å². The van der Waals surface area contributed by atoms with E-state index in [0.29, 0.717) is 24.6 Å². The van der Waals surface area contributed by atoms with Crippen molar-refractivity contribution in [3.05, 3.63) is 65.7 Å². The standard InChI is InChI=1S/C21H25N3O3S/c1-22-21(25)16-9-6-10-18(11-16)28(26,27)24-13-17-12-23(2)20(19(17)14-24)15-7-4-3-5-8-15/h3-11,17,19-20H,12-14H2,1-2H3,(H,22,25)/t17-,19+,20-/m0/s1. The zero-order valence-corrected chi connectivity index (χ0v) is 16.9. The lowest BCUT2D eigenvalue weighted by atomic mass is 9.90. The molecule has 6 nitrogen and oxygen atoms in total. The molecule has 0 spiro atoms. The van der Waals surface area contributed by atoms with Crippen molar-refractivity contribution in [2.45, 2.75) is 10.9 Å². The van der Waals surface area contributed by atoms with Crippen LogP contribution in [0.25, 0.3) is 0 Å². The Bertz CT molecular complexity index is 977. The molecular weight excluding hydrogens is 374 g/mol. The van der Waals surface area contributed by atoms with Gasteiger partial charge < -0.3 is 5.32 Å². The van der Waals surface area contributed by atoms with Gasteiger partial charge in [-0.05, 0) is 42.6 Å². The maximum Gasteiger partial charge on any atom is 0.251 e. The van der Waals surface area contributed by atoms with E-state index >= 15 is 0 Å². The van der Waals surface area contributed by atoms with Crippen LogP contribution in [0.3, 0.4) is 0 Å². The Balaban J connectivity index is 1.60. The molecule has 4 rings (SSSR count). The highest BCUT2D eigenvalue weighted by atomic mass is 32.2. The summed E-state index contributed by atoms with van der Waals surface area (Å²) in [6.07, 6.45) is 0. The minimum atomic E-state index is -3.63. The average Bonchev–Trinajstić information content (AvgIpc) is 3.25. The Hall–Kier alpha value is -2.22. The van der Waals surface area contributed by atoms with Crippen molar-refractivity contribution in [2.75, 3.05) is 33.7 Å². The summed E-state index contributed by atoms with van der Waals surface area (Å²) >= 11 is 0. The first kappa shape index (κ1) is 19.1. The lowest BCUT2D eigenvalue weighted by Crippen LogP contribution is -2.33. The van der Waals surface area contributed by atoms with Gasteiger partial charge in [0.2, 0.25) is 10.0 Å². The Kier molecular flexibility index (Phi) is 4.99. The van der Waals surface area contributed by atoms with Crippen LogP contribution in [-0.2, 0) is 10.0 Å². The lowest BCUT2D eigenvalue weighted by molar-refractivity contribution is 0.0963. The fraction of sp³-hybridized carbons (Fsp3) is 0.381. The van der Waals surface area contributed by atoms with Crippen LogP contribution >= 0.6 is 0 Å². The monoisotopic (exact) mass is 399 g/mol. The molecular formula is C21H25N3O3S. The van der Waals surface area contributed by atoms with Crippen LogP contribution < -0.4 is 5.32 Å². The number of carbonyl (C=O) groups is 1. The molecule has 0 aromatic heterocycles. The molecule has 0 bridgehead atoms. The number of nitrogens with zero attached hydrogens (tertiary/aromatic N) is 2. The predicted octanol–water partition coefficient (Wildman–Crippen LogP) is 1.97. The van der Waals surface area contributed by atoms with Gasteiger partial charge in [0.25, 0.3) is 5.91 Å². The minimum Gasteiger partial charge on any atom is -0.355 e. The van der Waals surface area contributed by atoms with Crippen LogP contribution in [-0.4, -0.2) is 57.3 Å². The van der Waals surface area contributed by atoms with E-state index in [0.717, 1.165) is 6.54 Å². The number of benzene rings is 2. The van der Waals surface area contributed by atoms with Crippen molar-refractivity contribution in [3.8, 4) is 0 Å². The van der Waals surface area contributed by atoms with E-state index in [-0.39, 0.29) is 22.8 Å². The van der Waals surface area contributed by atoms with E-state index in [1.807, 2.05) is 18.2 Å². The highest BCUT2D eigenvalue weighted by Crippen LogP contribution is 2.45. The van der Waals surface area contributed by atoms with Crippen molar-refractivity contribution in [3.63, 3.8) is 0 Å². The molecule has 148 valence electrons. The van der Waals surface area contributed by atoms with Crippen molar-refractivity contribution in [2.24, 2.45) is 11.8 Å². The summed E-state index contributed by atoms with van der Waals surface area (Å²) in [5, 5.41) is 2.54. The third-order valence-corrected chi connectivity index (χ3v) is 7.79. The number of sulfonamides is 1. The fourth-order valence-corrected chi connectivity index (χ4v) is 6.24. The molecule has 2 heterocycles. The molecule has 2 aromatic rings. The van der Waals surface area contributed by atoms with Gasteiger partial charge in [0.05, 0.1) is 4.90 Å². The molecule has 0 radical (unpaired) electrons. The highest BCUT2D eigenvalue weighted by Gasteiger charge is 2.49. The van der Waals surface area contributed by atoms with Crippen LogP contribution in [0.1, 0.15) is 22.0 Å². The normalized spacial score (nSPS) is 25.6. The van der Waals surface area contributed by atoms with Gasteiger partial charge >= 0.3 is 0 Å². The van der Waals surface area contributed by atoms with E-state index in [1.165, 1.54) is 18.7 Å². The summed E-state index contributed by atoms with van der Waals surface area (Å²) in [7, 11) is 0.0126. The number of hydrogen-bond donors (Lipinski definition) is 1. The maximum absolute atomic E-state index is 13.2. The van der Waals surface area contributed by atoms with E-state index < -0.39 is 10.0 Å². The number of nitrogens with one attached hydrogen (secondary N) is 1. The highest BCUT2D eigenvalue weighted by molar-refractivity contribution is 7.89. The summed E-state index contributed by atoms with van der Waals surface area (Å²) in [5.74, 6) is 0.289. The zero-order chi connectivity index (χ0) is 19.9. The van der Waals surface area contributed by atoms with Crippen molar-refractivity contribution < 1.29 is 13.2 Å². The van der Waals surface area contributed by atoms with E-state index in [4.69, 9.17) is 0 Å². The second-order valence-electron chi connectivity index (χ2n) is 7.65. The number of likely N-dealkylation sites (tertiary alicyclic amines) is 1. The molecule has 2 aromatic carbocycles. The number of carbonyl (C=O) groups excluding carboxylic acids is 1. The molecule has 0 aliphatic carbocycles. The second-order valence-corrected chi connectivity index (χ2v) is 9.59. The lowest BCUT2D eigenvalue weighted by Gasteiger charge is -2.26. The Morgan fingerprint density at radius 2 is 1.79 bits per heavy atom. The van der Waals surface area contributed by atoms with Crippen molar-refractivity contribution in [1.29, 1.82) is 0 Å². The SMILES string of the molecule is CNC(=O)c1cccc(S(=O)(=O)N2C[C@@H]3CN(C)[C@@H](c4ccccc4)[C@@H]3C2)c1. The van der Waals surface area contributed by atoms with E-state index in [1.54, 1.807) is 22.5 Å². The smallest absolute Gasteiger partial charge is 0.251 e. The molecule has 2 aliphatic heterocycles. The topological polar surface area (TPSA) is 69.7 Å². The minimum absolute atomic E-state index is 0.179. The second kappa shape index (κ2) is 7.31. The summed E-state index contributed by atoms with van der Waals surface area (Å²) in [6.45, 7) is 1.90. The third-order valence-electron chi connectivity index (χ3n) is 5.96.